The van der Waals surface area contributed by atoms with Crippen LogP contribution in [-0.2, 0) is 4.79 Å². The zero-order valence-corrected chi connectivity index (χ0v) is 13.1. The van der Waals surface area contributed by atoms with Gasteiger partial charge in [0.25, 0.3) is 5.91 Å². The van der Waals surface area contributed by atoms with Gasteiger partial charge in [-0.1, -0.05) is 11.6 Å². The van der Waals surface area contributed by atoms with E-state index in [1.54, 1.807) is 12.1 Å². The van der Waals surface area contributed by atoms with Crippen molar-refractivity contribution in [2.45, 2.75) is 20.3 Å². The average Bonchev–Trinajstić information content (AvgIpc) is 2.78. The first-order chi connectivity index (χ1) is 10.4. The maximum atomic E-state index is 12.1. The summed E-state index contributed by atoms with van der Waals surface area (Å²) in [4.78, 5) is 22.6. The number of benzene rings is 1. The van der Waals surface area contributed by atoms with Crippen LogP contribution in [-0.4, -0.2) is 28.1 Å². The number of hydrogen-bond acceptors (Lipinski definition) is 2. The van der Waals surface area contributed by atoms with Gasteiger partial charge in [-0.05, 0) is 44.2 Å². The van der Waals surface area contributed by atoms with Crippen LogP contribution in [0.4, 0.5) is 0 Å². The molecular formula is C16H17ClN2O3. The van der Waals surface area contributed by atoms with Crippen molar-refractivity contribution in [1.82, 2.24) is 9.88 Å². The van der Waals surface area contributed by atoms with E-state index in [9.17, 15) is 9.59 Å². The number of aryl methyl sites for hydroxylation is 2. The summed E-state index contributed by atoms with van der Waals surface area (Å²) in [5.74, 6) is -1.34. The molecule has 5 nitrogen and oxygen atoms in total. The van der Waals surface area contributed by atoms with Crippen molar-refractivity contribution >= 4 is 23.5 Å². The molecule has 1 heterocycles. The predicted octanol–water partition coefficient (Wildman–Crippen LogP) is 2.95. The van der Waals surface area contributed by atoms with Gasteiger partial charge >= 0.3 is 5.97 Å². The minimum atomic E-state index is -0.960. The molecule has 0 aliphatic carbocycles. The van der Waals surface area contributed by atoms with Crippen LogP contribution in [0.1, 0.15) is 28.2 Å². The summed E-state index contributed by atoms with van der Waals surface area (Å²) in [6.45, 7) is 4.03. The second-order valence-electron chi connectivity index (χ2n) is 5.02. The molecule has 2 aromatic rings. The standard InChI is InChI=1S/C16H17ClN2O3/c1-10-3-4-11(2)19(10)12-5-6-14(17)13(9-12)16(22)18-8-7-15(20)21/h3-6,9H,7-8H2,1-2H3,(H,18,22)(H,20,21). The highest BCUT2D eigenvalue weighted by molar-refractivity contribution is 6.33. The molecule has 1 aromatic carbocycles. The van der Waals surface area contributed by atoms with Crippen molar-refractivity contribution in [3.8, 4) is 5.69 Å². The molecule has 2 N–H and O–H groups in total. The number of rotatable bonds is 5. The van der Waals surface area contributed by atoms with E-state index in [1.807, 2.05) is 36.6 Å². The normalized spacial score (nSPS) is 10.5. The molecule has 0 spiro atoms. The number of carbonyl (C=O) groups excluding carboxylic acids is 1. The number of aliphatic carboxylic acids is 1. The Morgan fingerprint density at radius 2 is 1.82 bits per heavy atom. The smallest absolute Gasteiger partial charge is 0.305 e. The molecule has 0 aliphatic heterocycles. The summed E-state index contributed by atoms with van der Waals surface area (Å²) >= 11 is 6.09. The first-order valence-corrected chi connectivity index (χ1v) is 7.23. The number of hydrogen-bond donors (Lipinski definition) is 2. The molecule has 6 heteroatoms. The van der Waals surface area contributed by atoms with Gasteiger partial charge in [-0.25, -0.2) is 0 Å². The summed E-state index contributed by atoms with van der Waals surface area (Å²) in [6, 6.07) is 9.21. The second kappa shape index (κ2) is 6.66. The van der Waals surface area contributed by atoms with Gasteiger partial charge in [0, 0.05) is 23.6 Å². The van der Waals surface area contributed by atoms with Gasteiger partial charge in [-0.15, -0.1) is 0 Å². The first kappa shape index (κ1) is 16.1. The zero-order chi connectivity index (χ0) is 16.3. The van der Waals surface area contributed by atoms with Crippen LogP contribution in [0.3, 0.4) is 0 Å². The van der Waals surface area contributed by atoms with E-state index in [0.29, 0.717) is 10.6 Å². The Labute approximate surface area is 133 Å². The Morgan fingerprint density at radius 3 is 2.41 bits per heavy atom. The largest absolute Gasteiger partial charge is 0.481 e. The van der Waals surface area contributed by atoms with Crippen molar-refractivity contribution in [3.63, 3.8) is 0 Å². The van der Waals surface area contributed by atoms with Crippen LogP contribution >= 0.6 is 11.6 Å². The summed E-state index contributed by atoms with van der Waals surface area (Å²) < 4.78 is 2.02. The fourth-order valence-corrected chi connectivity index (χ4v) is 2.48. The third-order valence-corrected chi connectivity index (χ3v) is 3.68. The summed E-state index contributed by atoms with van der Waals surface area (Å²) in [6.07, 6.45) is -0.126. The number of amides is 1. The average molecular weight is 321 g/mol. The second-order valence-corrected chi connectivity index (χ2v) is 5.42. The van der Waals surface area contributed by atoms with Gasteiger partial charge in [0.2, 0.25) is 0 Å². The van der Waals surface area contributed by atoms with E-state index in [2.05, 4.69) is 5.32 Å². The number of halogens is 1. The molecule has 0 unspecified atom stereocenters. The highest BCUT2D eigenvalue weighted by atomic mass is 35.5. The Balaban J connectivity index is 2.27. The molecule has 0 atom stereocenters. The highest BCUT2D eigenvalue weighted by Crippen LogP contribution is 2.23. The maximum Gasteiger partial charge on any atom is 0.305 e. The van der Waals surface area contributed by atoms with Crippen molar-refractivity contribution < 1.29 is 14.7 Å². The number of carboxylic acid groups (broad SMARTS) is 1. The van der Waals surface area contributed by atoms with Gasteiger partial charge in [0.1, 0.15) is 0 Å². The molecule has 0 radical (unpaired) electrons. The van der Waals surface area contributed by atoms with E-state index in [1.165, 1.54) is 0 Å². The van der Waals surface area contributed by atoms with Crippen LogP contribution in [0, 0.1) is 13.8 Å². The quantitative estimate of drug-likeness (QED) is 0.889. The van der Waals surface area contributed by atoms with Gasteiger partial charge in [0.05, 0.1) is 17.0 Å². The third kappa shape index (κ3) is 3.49. The Morgan fingerprint density at radius 1 is 1.18 bits per heavy atom. The van der Waals surface area contributed by atoms with Gasteiger partial charge in [0.15, 0.2) is 0 Å². The molecule has 0 aliphatic rings. The Hall–Kier alpha value is -2.27. The van der Waals surface area contributed by atoms with Crippen molar-refractivity contribution in [3.05, 3.63) is 52.3 Å². The lowest BCUT2D eigenvalue weighted by atomic mass is 10.1. The van der Waals surface area contributed by atoms with E-state index < -0.39 is 5.97 Å². The third-order valence-electron chi connectivity index (χ3n) is 3.35. The zero-order valence-electron chi connectivity index (χ0n) is 12.4. The molecule has 0 fully saturated rings. The molecule has 0 saturated carbocycles. The maximum absolute atomic E-state index is 12.1. The number of aromatic nitrogens is 1. The minimum Gasteiger partial charge on any atom is -0.481 e. The van der Waals surface area contributed by atoms with Gasteiger partial charge < -0.3 is 15.0 Å². The fraction of sp³-hybridized carbons (Fsp3) is 0.250. The van der Waals surface area contributed by atoms with Crippen LogP contribution in [0.2, 0.25) is 5.02 Å². The summed E-state index contributed by atoms with van der Waals surface area (Å²) in [5.41, 5.74) is 3.28. The SMILES string of the molecule is Cc1ccc(C)n1-c1ccc(Cl)c(C(=O)NCCC(=O)O)c1. The van der Waals surface area contributed by atoms with Crippen LogP contribution in [0.5, 0.6) is 0 Å². The molecule has 116 valence electrons. The van der Waals surface area contributed by atoms with Crippen LogP contribution in [0.25, 0.3) is 5.69 Å². The van der Waals surface area contributed by atoms with Crippen molar-refractivity contribution in [1.29, 1.82) is 0 Å². The van der Waals surface area contributed by atoms with Crippen LogP contribution < -0.4 is 5.32 Å². The predicted molar refractivity (Wildman–Crippen MR) is 84.8 cm³/mol. The molecule has 1 amide bonds. The van der Waals surface area contributed by atoms with Crippen molar-refractivity contribution in [2.24, 2.45) is 0 Å². The molecule has 22 heavy (non-hydrogen) atoms. The van der Waals surface area contributed by atoms with E-state index >= 15 is 0 Å². The van der Waals surface area contributed by atoms with E-state index in [0.717, 1.165) is 17.1 Å². The number of carboxylic acids is 1. The molecule has 1 aromatic heterocycles. The molecule has 2 rings (SSSR count). The Bertz CT molecular complexity index is 703. The number of nitrogens with zero attached hydrogens (tertiary/aromatic N) is 1. The summed E-state index contributed by atoms with van der Waals surface area (Å²) in [5, 5.41) is 11.5. The lowest BCUT2D eigenvalue weighted by molar-refractivity contribution is -0.136. The van der Waals surface area contributed by atoms with Gasteiger partial charge in [-0.2, -0.15) is 0 Å². The fourth-order valence-electron chi connectivity index (χ4n) is 2.28. The van der Waals surface area contributed by atoms with E-state index in [-0.39, 0.29) is 18.9 Å². The number of carbonyl (C=O) groups is 2. The minimum absolute atomic E-state index is 0.0658. The summed E-state index contributed by atoms with van der Waals surface area (Å²) in [7, 11) is 0. The lowest BCUT2D eigenvalue weighted by Gasteiger charge is -2.12. The highest BCUT2D eigenvalue weighted by Gasteiger charge is 2.13. The molecular weight excluding hydrogens is 304 g/mol. The topological polar surface area (TPSA) is 71.3 Å². The molecule has 0 saturated heterocycles. The molecule has 0 bridgehead atoms. The Kier molecular flexibility index (Phi) is 4.88. The van der Waals surface area contributed by atoms with Crippen LogP contribution in [0.15, 0.2) is 30.3 Å². The first-order valence-electron chi connectivity index (χ1n) is 6.85. The van der Waals surface area contributed by atoms with Crippen molar-refractivity contribution in [2.75, 3.05) is 6.54 Å². The lowest BCUT2D eigenvalue weighted by Crippen LogP contribution is -2.26. The number of nitrogens with one attached hydrogen (secondary N) is 1. The van der Waals surface area contributed by atoms with Gasteiger partial charge in [-0.3, -0.25) is 9.59 Å². The van der Waals surface area contributed by atoms with E-state index in [4.69, 9.17) is 16.7 Å². The monoisotopic (exact) mass is 320 g/mol.